The second-order valence-electron chi connectivity index (χ2n) is 7.95. The van der Waals surface area contributed by atoms with Gasteiger partial charge in [0.25, 0.3) is 0 Å². The van der Waals surface area contributed by atoms with Gasteiger partial charge >= 0.3 is 0 Å². The molecule has 2 aliphatic rings. The summed E-state index contributed by atoms with van der Waals surface area (Å²) in [5, 5.41) is 2.91. The minimum absolute atomic E-state index is 0.0679. The SMILES string of the molecule is C[C@H](C(=O)N1c2ccccc2NC(=O)C1(C)C)N1CCN(c2ncccn2)CC1. The fourth-order valence-corrected chi connectivity index (χ4v) is 3.95. The van der Waals surface area contributed by atoms with Crippen molar-refractivity contribution in [2.45, 2.75) is 32.4 Å². The number of anilines is 3. The van der Waals surface area contributed by atoms with E-state index in [0.29, 0.717) is 11.6 Å². The molecule has 1 saturated heterocycles. The lowest BCUT2D eigenvalue weighted by atomic mass is 9.95. The Hall–Kier alpha value is -3.00. The Balaban J connectivity index is 1.51. The summed E-state index contributed by atoms with van der Waals surface area (Å²) in [7, 11) is 0. The minimum atomic E-state index is -0.959. The number of carbonyl (C=O) groups is 2. The molecule has 2 amide bonds. The van der Waals surface area contributed by atoms with Crippen molar-refractivity contribution in [3.05, 3.63) is 42.7 Å². The molecule has 8 nitrogen and oxygen atoms in total. The van der Waals surface area contributed by atoms with Gasteiger partial charge in [-0.2, -0.15) is 0 Å². The number of carbonyl (C=O) groups excluding carboxylic acids is 2. The zero-order chi connectivity index (χ0) is 20.6. The largest absolute Gasteiger partial charge is 0.338 e. The topological polar surface area (TPSA) is 81.7 Å². The van der Waals surface area contributed by atoms with Crippen molar-refractivity contribution in [2.75, 3.05) is 41.3 Å². The summed E-state index contributed by atoms with van der Waals surface area (Å²) >= 11 is 0. The highest BCUT2D eigenvalue weighted by Crippen LogP contribution is 2.37. The molecule has 0 aliphatic carbocycles. The van der Waals surface area contributed by atoms with Crippen LogP contribution in [0.4, 0.5) is 17.3 Å². The smallest absolute Gasteiger partial charge is 0.250 e. The third kappa shape index (κ3) is 3.44. The summed E-state index contributed by atoms with van der Waals surface area (Å²) in [5.74, 6) is 0.471. The van der Waals surface area contributed by atoms with E-state index in [1.54, 1.807) is 37.2 Å². The first-order chi connectivity index (χ1) is 13.9. The van der Waals surface area contributed by atoms with Crippen molar-refractivity contribution >= 4 is 29.1 Å². The van der Waals surface area contributed by atoms with Crippen molar-refractivity contribution in [3.8, 4) is 0 Å². The molecule has 2 aliphatic heterocycles. The Morgan fingerprint density at radius 2 is 1.72 bits per heavy atom. The maximum absolute atomic E-state index is 13.5. The molecule has 0 bridgehead atoms. The van der Waals surface area contributed by atoms with E-state index in [1.807, 2.05) is 31.2 Å². The Bertz CT molecular complexity index is 908. The molecule has 0 spiro atoms. The summed E-state index contributed by atoms with van der Waals surface area (Å²) in [5.41, 5.74) is 0.452. The van der Waals surface area contributed by atoms with E-state index in [1.165, 1.54) is 0 Å². The fraction of sp³-hybridized carbons (Fsp3) is 0.429. The number of piperazine rings is 1. The molecule has 152 valence electrons. The second-order valence-corrected chi connectivity index (χ2v) is 7.95. The van der Waals surface area contributed by atoms with E-state index in [0.717, 1.165) is 31.9 Å². The van der Waals surface area contributed by atoms with Crippen LogP contribution in [-0.2, 0) is 9.59 Å². The van der Waals surface area contributed by atoms with Gasteiger partial charge in [-0.15, -0.1) is 0 Å². The van der Waals surface area contributed by atoms with Crippen molar-refractivity contribution < 1.29 is 9.59 Å². The number of benzene rings is 1. The van der Waals surface area contributed by atoms with Gasteiger partial charge in [0, 0.05) is 38.6 Å². The number of para-hydroxylation sites is 2. The van der Waals surface area contributed by atoms with Crippen LogP contribution in [0.15, 0.2) is 42.7 Å². The van der Waals surface area contributed by atoms with Crippen molar-refractivity contribution in [1.82, 2.24) is 14.9 Å². The van der Waals surface area contributed by atoms with Gasteiger partial charge in [0.1, 0.15) is 5.54 Å². The van der Waals surface area contributed by atoms with Crippen LogP contribution in [0.1, 0.15) is 20.8 Å². The van der Waals surface area contributed by atoms with Crippen LogP contribution < -0.4 is 15.1 Å². The van der Waals surface area contributed by atoms with Crippen molar-refractivity contribution in [1.29, 1.82) is 0 Å². The molecule has 8 heteroatoms. The molecule has 3 heterocycles. The summed E-state index contributed by atoms with van der Waals surface area (Å²) in [6, 6.07) is 8.91. The predicted octanol–water partition coefficient (Wildman–Crippen LogP) is 1.75. The third-order valence-corrected chi connectivity index (χ3v) is 5.78. The Labute approximate surface area is 170 Å². The number of rotatable bonds is 3. The Kier molecular flexibility index (Phi) is 4.96. The van der Waals surface area contributed by atoms with E-state index in [4.69, 9.17) is 0 Å². The number of nitrogens with one attached hydrogen (secondary N) is 1. The van der Waals surface area contributed by atoms with Gasteiger partial charge in [-0.05, 0) is 39.0 Å². The third-order valence-electron chi connectivity index (χ3n) is 5.78. The lowest BCUT2D eigenvalue weighted by molar-refractivity contribution is -0.129. The fourth-order valence-electron chi connectivity index (χ4n) is 3.95. The number of nitrogens with zero attached hydrogens (tertiary/aromatic N) is 5. The molecule has 1 atom stereocenters. The maximum atomic E-state index is 13.5. The van der Waals surface area contributed by atoms with Crippen molar-refractivity contribution in [2.24, 2.45) is 0 Å². The Morgan fingerprint density at radius 3 is 2.41 bits per heavy atom. The highest BCUT2D eigenvalue weighted by atomic mass is 16.2. The van der Waals surface area contributed by atoms with Crippen LogP contribution in [0.3, 0.4) is 0 Å². The number of amides is 2. The van der Waals surface area contributed by atoms with Gasteiger partial charge in [0.15, 0.2) is 0 Å². The van der Waals surface area contributed by atoms with Crippen LogP contribution >= 0.6 is 0 Å². The van der Waals surface area contributed by atoms with Crippen molar-refractivity contribution in [3.63, 3.8) is 0 Å². The predicted molar refractivity (Wildman–Crippen MR) is 112 cm³/mol. The van der Waals surface area contributed by atoms with Crippen LogP contribution in [0.5, 0.6) is 0 Å². The molecule has 2 aromatic rings. The van der Waals surface area contributed by atoms with Gasteiger partial charge < -0.3 is 10.2 Å². The molecular weight excluding hydrogens is 368 g/mol. The molecular formula is C21H26N6O2. The molecule has 4 rings (SSSR count). The number of aromatic nitrogens is 2. The van der Waals surface area contributed by atoms with Crippen LogP contribution in [0.2, 0.25) is 0 Å². The minimum Gasteiger partial charge on any atom is -0.338 e. The maximum Gasteiger partial charge on any atom is 0.250 e. The number of fused-ring (bicyclic) bond motifs is 1. The molecule has 0 unspecified atom stereocenters. The average molecular weight is 394 g/mol. The number of hydrogen-bond donors (Lipinski definition) is 1. The normalized spacial score (nSPS) is 20.0. The van der Waals surface area contributed by atoms with Gasteiger partial charge in [-0.3, -0.25) is 19.4 Å². The second kappa shape index (κ2) is 7.44. The summed E-state index contributed by atoms with van der Waals surface area (Å²) < 4.78 is 0. The molecule has 29 heavy (non-hydrogen) atoms. The molecule has 0 radical (unpaired) electrons. The molecule has 1 aromatic heterocycles. The molecule has 1 aromatic carbocycles. The lowest BCUT2D eigenvalue weighted by Crippen LogP contribution is -2.63. The zero-order valence-electron chi connectivity index (χ0n) is 17.0. The van der Waals surface area contributed by atoms with Gasteiger partial charge in [0.2, 0.25) is 17.8 Å². The van der Waals surface area contributed by atoms with E-state index >= 15 is 0 Å². The zero-order valence-corrected chi connectivity index (χ0v) is 17.0. The highest BCUT2D eigenvalue weighted by molar-refractivity contribution is 6.15. The summed E-state index contributed by atoms with van der Waals surface area (Å²) in [4.78, 5) is 40.7. The monoisotopic (exact) mass is 394 g/mol. The number of hydrogen-bond acceptors (Lipinski definition) is 6. The quantitative estimate of drug-likeness (QED) is 0.854. The Morgan fingerprint density at radius 1 is 1.07 bits per heavy atom. The first-order valence-electron chi connectivity index (χ1n) is 9.90. The van der Waals surface area contributed by atoms with E-state index in [-0.39, 0.29) is 17.9 Å². The van der Waals surface area contributed by atoms with Gasteiger partial charge in [0.05, 0.1) is 17.4 Å². The van der Waals surface area contributed by atoms with E-state index < -0.39 is 5.54 Å². The first-order valence-corrected chi connectivity index (χ1v) is 9.90. The van der Waals surface area contributed by atoms with E-state index in [2.05, 4.69) is 25.1 Å². The van der Waals surface area contributed by atoms with Gasteiger partial charge in [-0.25, -0.2) is 9.97 Å². The van der Waals surface area contributed by atoms with Crippen LogP contribution in [-0.4, -0.2) is 64.4 Å². The van der Waals surface area contributed by atoms with Gasteiger partial charge in [-0.1, -0.05) is 12.1 Å². The van der Waals surface area contributed by atoms with Crippen LogP contribution in [0.25, 0.3) is 0 Å². The van der Waals surface area contributed by atoms with Crippen LogP contribution in [0, 0.1) is 0 Å². The summed E-state index contributed by atoms with van der Waals surface area (Å²) in [6.45, 7) is 8.45. The standard InChI is InChI=1S/C21H26N6O2/c1-15(25-11-13-26(14-12-25)20-22-9-6-10-23-20)18(28)27-17-8-5-4-7-16(17)24-19(29)21(27,2)3/h4-10,15H,11-14H2,1-3H3,(H,24,29)/t15-/m1/s1. The summed E-state index contributed by atoms with van der Waals surface area (Å²) in [6.07, 6.45) is 3.48. The molecule has 1 fully saturated rings. The van der Waals surface area contributed by atoms with E-state index in [9.17, 15) is 9.59 Å². The average Bonchev–Trinajstić information content (AvgIpc) is 2.74. The molecule has 0 saturated carbocycles. The highest BCUT2D eigenvalue weighted by Gasteiger charge is 2.45. The molecule has 1 N–H and O–H groups in total. The lowest BCUT2D eigenvalue weighted by Gasteiger charge is -2.45. The first kappa shape index (κ1) is 19.3.